The summed E-state index contributed by atoms with van der Waals surface area (Å²) in [5.74, 6) is -0.226. The van der Waals surface area contributed by atoms with Crippen LogP contribution < -0.4 is 23.6 Å². The maximum absolute atomic E-state index is 11.5. The van der Waals surface area contributed by atoms with E-state index in [2.05, 4.69) is 10.8 Å². The number of hydrogen-bond acceptors (Lipinski definition) is 1. The standard InChI is InChI=1S/C7H4F3O.Li/c8-7(9,10)11-6-4-2-1-3-5-6;/h2-5H;/q-1;+1. The molecule has 0 spiro atoms. The Morgan fingerprint density at radius 3 is 2.08 bits per heavy atom. The van der Waals surface area contributed by atoms with E-state index in [-0.39, 0.29) is 24.6 Å². The van der Waals surface area contributed by atoms with Gasteiger partial charge < -0.3 is 4.74 Å². The second kappa shape index (κ2) is 4.44. The molecule has 0 fully saturated rings. The molecular weight excluding hydrogens is 164 g/mol. The van der Waals surface area contributed by atoms with Crippen LogP contribution in [0, 0.1) is 6.07 Å². The minimum absolute atomic E-state index is 0. The predicted molar refractivity (Wildman–Crippen MR) is 32.0 cm³/mol. The van der Waals surface area contributed by atoms with Crippen LogP contribution in [0.5, 0.6) is 5.75 Å². The zero-order valence-electron chi connectivity index (χ0n) is 6.35. The van der Waals surface area contributed by atoms with Gasteiger partial charge in [0.15, 0.2) is 0 Å². The molecule has 0 aliphatic rings. The fourth-order valence-corrected chi connectivity index (χ4v) is 0.573. The Balaban J connectivity index is 0.00000121. The molecule has 0 N–H and O–H groups in total. The summed E-state index contributed by atoms with van der Waals surface area (Å²) in [7, 11) is 0. The third kappa shape index (κ3) is 4.32. The number of rotatable bonds is 1. The van der Waals surface area contributed by atoms with Crippen molar-refractivity contribution in [2.24, 2.45) is 0 Å². The molecule has 5 heteroatoms. The van der Waals surface area contributed by atoms with Crippen LogP contribution in [0.2, 0.25) is 0 Å². The Kier molecular flexibility index (Phi) is 4.22. The average Bonchev–Trinajstić information content (AvgIpc) is 1.85. The third-order valence-corrected chi connectivity index (χ3v) is 0.921. The van der Waals surface area contributed by atoms with Gasteiger partial charge in [-0.3, -0.25) is 0 Å². The molecule has 0 unspecified atom stereocenters. The molecule has 1 aromatic rings. The molecular formula is C7H4F3LiO. The van der Waals surface area contributed by atoms with Crippen molar-refractivity contribution in [3.05, 3.63) is 30.3 Å². The van der Waals surface area contributed by atoms with Gasteiger partial charge in [-0.2, -0.15) is 18.2 Å². The zero-order valence-corrected chi connectivity index (χ0v) is 6.35. The maximum Gasteiger partial charge on any atom is 1.00 e. The van der Waals surface area contributed by atoms with Gasteiger partial charge in [-0.1, -0.05) is 0 Å². The summed E-state index contributed by atoms with van der Waals surface area (Å²) in [6.45, 7) is 0. The van der Waals surface area contributed by atoms with E-state index in [0.29, 0.717) is 0 Å². The van der Waals surface area contributed by atoms with Gasteiger partial charge in [0.25, 0.3) is 0 Å². The van der Waals surface area contributed by atoms with E-state index < -0.39 is 6.36 Å². The Hall–Kier alpha value is -0.593. The molecule has 12 heavy (non-hydrogen) atoms. The van der Waals surface area contributed by atoms with Crippen molar-refractivity contribution < 1.29 is 36.8 Å². The van der Waals surface area contributed by atoms with E-state index in [4.69, 9.17) is 0 Å². The molecule has 0 amide bonds. The molecule has 0 saturated carbocycles. The summed E-state index contributed by atoms with van der Waals surface area (Å²) in [5, 5.41) is 0. The van der Waals surface area contributed by atoms with Crippen LogP contribution >= 0.6 is 0 Å². The molecule has 60 valence electrons. The SMILES string of the molecule is FC(F)(F)Oc1cc[c-]cc1.[Li+]. The van der Waals surface area contributed by atoms with Crippen LogP contribution in [0.1, 0.15) is 0 Å². The summed E-state index contributed by atoms with van der Waals surface area (Å²) in [5.41, 5.74) is 0. The van der Waals surface area contributed by atoms with E-state index in [1.807, 2.05) is 0 Å². The Labute approximate surface area is 79.7 Å². The molecule has 0 aliphatic heterocycles. The van der Waals surface area contributed by atoms with Crippen molar-refractivity contribution >= 4 is 0 Å². The third-order valence-electron chi connectivity index (χ3n) is 0.921. The fraction of sp³-hybridized carbons (Fsp3) is 0.143. The molecule has 1 aromatic carbocycles. The van der Waals surface area contributed by atoms with Gasteiger partial charge in [0, 0.05) is 5.75 Å². The molecule has 0 aromatic heterocycles. The maximum atomic E-state index is 11.5. The topological polar surface area (TPSA) is 9.23 Å². The molecule has 0 aliphatic carbocycles. The average molecular weight is 168 g/mol. The monoisotopic (exact) mass is 168 g/mol. The first kappa shape index (κ1) is 11.4. The van der Waals surface area contributed by atoms with Gasteiger partial charge in [0.2, 0.25) is 0 Å². The van der Waals surface area contributed by atoms with Crippen LogP contribution in [0.3, 0.4) is 0 Å². The molecule has 0 heterocycles. The van der Waals surface area contributed by atoms with Gasteiger partial charge in [-0.25, -0.2) is 0 Å². The Morgan fingerprint density at radius 1 is 1.17 bits per heavy atom. The van der Waals surface area contributed by atoms with Crippen molar-refractivity contribution in [2.45, 2.75) is 6.36 Å². The summed E-state index contributed by atoms with van der Waals surface area (Å²) in [6, 6.07) is 7.64. The zero-order chi connectivity index (χ0) is 8.32. The molecule has 0 saturated heterocycles. The predicted octanol–water partition coefficient (Wildman–Crippen LogP) is -0.611. The normalized spacial score (nSPS) is 10.2. The van der Waals surface area contributed by atoms with Crippen molar-refractivity contribution in [1.29, 1.82) is 0 Å². The van der Waals surface area contributed by atoms with Crippen LogP contribution in [-0.4, -0.2) is 6.36 Å². The first-order chi connectivity index (χ1) is 5.08. The van der Waals surface area contributed by atoms with Crippen LogP contribution in [0.15, 0.2) is 24.3 Å². The van der Waals surface area contributed by atoms with Gasteiger partial charge >= 0.3 is 25.2 Å². The summed E-state index contributed by atoms with van der Waals surface area (Å²) in [4.78, 5) is 0. The van der Waals surface area contributed by atoms with Crippen molar-refractivity contribution in [1.82, 2.24) is 0 Å². The van der Waals surface area contributed by atoms with E-state index in [1.54, 1.807) is 0 Å². The van der Waals surface area contributed by atoms with Crippen LogP contribution in [-0.2, 0) is 0 Å². The molecule has 0 radical (unpaired) electrons. The van der Waals surface area contributed by atoms with Gasteiger partial charge in [0.1, 0.15) is 0 Å². The quantitative estimate of drug-likeness (QED) is 0.401. The van der Waals surface area contributed by atoms with Crippen molar-refractivity contribution in [3.8, 4) is 5.75 Å². The van der Waals surface area contributed by atoms with Gasteiger partial charge in [0.05, 0.1) is 0 Å². The first-order valence-corrected chi connectivity index (χ1v) is 2.80. The first-order valence-electron chi connectivity index (χ1n) is 2.80. The summed E-state index contributed by atoms with van der Waals surface area (Å²) in [6.07, 6.45) is -4.61. The van der Waals surface area contributed by atoms with E-state index in [1.165, 1.54) is 24.3 Å². The molecule has 1 rings (SSSR count). The number of benzene rings is 1. The fourth-order valence-electron chi connectivity index (χ4n) is 0.573. The van der Waals surface area contributed by atoms with Crippen molar-refractivity contribution in [2.75, 3.05) is 0 Å². The summed E-state index contributed by atoms with van der Waals surface area (Å²) >= 11 is 0. The second-order valence-electron chi connectivity index (χ2n) is 1.78. The molecule has 0 bridgehead atoms. The Bertz CT molecular complexity index is 222. The van der Waals surface area contributed by atoms with Gasteiger partial charge in [-0.15, -0.1) is 25.3 Å². The van der Waals surface area contributed by atoms with Crippen molar-refractivity contribution in [3.63, 3.8) is 0 Å². The van der Waals surface area contributed by atoms with Crippen LogP contribution in [0.25, 0.3) is 0 Å². The second-order valence-corrected chi connectivity index (χ2v) is 1.78. The van der Waals surface area contributed by atoms with Crippen LogP contribution in [0.4, 0.5) is 13.2 Å². The van der Waals surface area contributed by atoms with E-state index in [9.17, 15) is 13.2 Å². The summed E-state index contributed by atoms with van der Waals surface area (Å²) < 4.78 is 38.1. The largest absolute Gasteiger partial charge is 1.00 e. The smallest absolute Gasteiger partial charge is 0.432 e. The van der Waals surface area contributed by atoms with E-state index in [0.717, 1.165) is 0 Å². The minimum atomic E-state index is -4.61. The number of halogens is 3. The Morgan fingerprint density at radius 2 is 1.67 bits per heavy atom. The molecule has 1 nitrogen and oxygen atoms in total. The number of alkyl halides is 3. The number of hydrogen-bond donors (Lipinski definition) is 0. The minimum Gasteiger partial charge on any atom is -0.432 e. The van der Waals surface area contributed by atoms with Gasteiger partial charge in [-0.05, 0) is 0 Å². The molecule has 0 atom stereocenters. The number of ether oxygens (including phenoxy) is 1. The van der Waals surface area contributed by atoms with E-state index >= 15 is 0 Å².